The fourth-order valence-electron chi connectivity index (χ4n) is 1.78. The Morgan fingerprint density at radius 3 is 2.95 bits per heavy atom. The predicted molar refractivity (Wildman–Crippen MR) is 84.3 cm³/mol. The largest absolute Gasteiger partial charge is 0.397 e. The molecule has 2 rings (SSSR count). The Balaban J connectivity index is 2.41. The fourth-order valence-corrected chi connectivity index (χ4v) is 3.55. The molecule has 19 heavy (non-hydrogen) atoms. The molecule has 1 heterocycles. The molecule has 1 amide bonds. The second-order valence-electron chi connectivity index (χ2n) is 4.06. The molecule has 1 aromatic carbocycles. The molecular weight excluding hydrogens is 324 g/mol. The number of carbonyl (C=O) groups excluding carboxylic acids is 1. The second-order valence-corrected chi connectivity index (χ2v) is 5.97. The smallest absolute Gasteiger partial charge is 0.264 e. The van der Waals surface area contributed by atoms with Gasteiger partial charge in [-0.05, 0) is 18.6 Å². The van der Waals surface area contributed by atoms with Crippen molar-refractivity contribution in [2.24, 2.45) is 0 Å². The van der Waals surface area contributed by atoms with Crippen molar-refractivity contribution in [1.82, 2.24) is 5.32 Å². The van der Waals surface area contributed by atoms with Crippen molar-refractivity contribution in [2.75, 3.05) is 5.73 Å². The monoisotopic (exact) mass is 336 g/mol. The molecule has 1 unspecified atom stereocenters. The summed E-state index contributed by atoms with van der Waals surface area (Å²) in [5.74, 6) is 2.33. The molecule has 1 atom stereocenters. The van der Waals surface area contributed by atoms with Gasteiger partial charge in [0.15, 0.2) is 0 Å². The standard InChI is InChI=1S/C14H13BrN2OS/c1-3-8(4-2)17-14(18)13-12(16)11-9(15)6-5-7-10(11)19-13/h1,5-8H,4,16H2,2H3,(H,17,18). The van der Waals surface area contributed by atoms with E-state index in [4.69, 9.17) is 12.2 Å². The van der Waals surface area contributed by atoms with Gasteiger partial charge in [0, 0.05) is 14.6 Å². The van der Waals surface area contributed by atoms with Gasteiger partial charge < -0.3 is 11.1 Å². The minimum Gasteiger partial charge on any atom is -0.397 e. The van der Waals surface area contributed by atoms with Crippen molar-refractivity contribution in [3.05, 3.63) is 27.5 Å². The van der Waals surface area contributed by atoms with Gasteiger partial charge in [0.25, 0.3) is 5.91 Å². The Morgan fingerprint density at radius 1 is 1.63 bits per heavy atom. The molecule has 0 bridgehead atoms. The van der Waals surface area contributed by atoms with Crippen LogP contribution in [0.5, 0.6) is 0 Å². The highest BCUT2D eigenvalue weighted by Crippen LogP contribution is 2.38. The highest BCUT2D eigenvalue weighted by atomic mass is 79.9. The topological polar surface area (TPSA) is 55.1 Å². The lowest BCUT2D eigenvalue weighted by molar-refractivity contribution is 0.0950. The number of carbonyl (C=O) groups is 1. The maximum atomic E-state index is 12.2. The number of nitrogen functional groups attached to an aromatic ring is 1. The number of nitrogens with one attached hydrogen (secondary N) is 1. The third-order valence-corrected chi connectivity index (χ3v) is 4.65. The lowest BCUT2D eigenvalue weighted by atomic mass is 10.2. The lowest BCUT2D eigenvalue weighted by Crippen LogP contribution is -2.33. The SMILES string of the molecule is C#CC(CC)NC(=O)c1sc2cccc(Br)c2c1N. The van der Waals surface area contributed by atoms with Crippen LogP contribution < -0.4 is 11.1 Å². The van der Waals surface area contributed by atoms with Gasteiger partial charge >= 0.3 is 0 Å². The van der Waals surface area contributed by atoms with Crippen molar-refractivity contribution < 1.29 is 4.79 Å². The van der Waals surface area contributed by atoms with Crippen LogP contribution in [0.3, 0.4) is 0 Å². The van der Waals surface area contributed by atoms with E-state index in [2.05, 4.69) is 27.2 Å². The van der Waals surface area contributed by atoms with Gasteiger partial charge in [-0.1, -0.05) is 34.8 Å². The summed E-state index contributed by atoms with van der Waals surface area (Å²) >= 11 is 4.82. The number of hydrogen-bond donors (Lipinski definition) is 2. The van der Waals surface area contributed by atoms with Gasteiger partial charge in [-0.25, -0.2) is 0 Å². The summed E-state index contributed by atoms with van der Waals surface area (Å²) in [6.45, 7) is 1.93. The number of benzene rings is 1. The number of rotatable bonds is 3. The van der Waals surface area contributed by atoms with Crippen molar-refractivity contribution in [3.63, 3.8) is 0 Å². The molecule has 3 nitrogen and oxygen atoms in total. The van der Waals surface area contributed by atoms with Crippen LogP contribution in [0.2, 0.25) is 0 Å². The zero-order chi connectivity index (χ0) is 14.0. The van der Waals surface area contributed by atoms with E-state index in [9.17, 15) is 4.79 Å². The first-order valence-corrected chi connectivity index (χ1v) is 7.42. The Bertz CT molecular complexity index is 672. The predicted octanol–water partition coefficient (Wildman–Crippen LogP) is 3.39. The highest BCUT2D eigenvalue weighted by molar-refractivity contribution is 9.10. The summed E-state index contributed by atoms with van der Waals surface area (Å²) in [6, 6.07) is 5.50. The van der Waals surface area contributed by atoms with Gasteiger partial charge in [0.1, 0.15) is 4.88 Å². The molecule has 0 saturated heterocycles. The van der Waals surface area contributed by atoms with Crippen LogP contribution >= 0.6 is 27.3 Å². The first-order valence-electron chi connectivity index (χ1n) is 5.82. The zero-order valence-electron chi connectivity index (χ0n) is 10.4. The van der Waals surface area contributed by atoms with E-state index in [1.807, 2.05) is 25.1 Å². The summed E-state index contributed by atoms with van der Waals surface area (Å²) in [5.41, 5.74) is 6.56. The number of terminal acetylenes is 1. The first kappa shape index (κ1) is 13.9. The summed E-state index contributed by atoms with van der Waals surface area (Å²) in [4.78, 5) is 12.7. The van der Waals surface area contributed by atoms with Gasteiger partial charge in [-0.2, -0.15) is 0 Å². The van der Waals surface area contributed by atoms with E-state index in [0.717, 1.165) is 14.6 Å². The van der Waals surface area contributed by atoms with Crippen LogP contribution in [0.4, 0.5) is 5.69 Å². The van der Waals surface area contributed by atoms with Gasteiger partial charge in [-0.15, -0.1) is 17.8 Å². The molecular formula is C14H13BrN2OS. The summed E-state index contributed by atoms with van der Waals surface area (Å²) in [7, 11) is 0. The maximum Gasteiger partial charge on any atom is 0.264 e. The molecule has 98 valence electrons. The van der Waals surface area contributed by atoms with Gasteiger partial charge in [-0.3, -0.25) is 4.79 Å². The molecule has 0 aliphatic rings. The maximum absolute atomic E-state index is 12.2. The summed E-state index contributed by atoms with van der Waals surface area (Å²) in [5, 5.41) is 3.67. The molecule has 0 saturated carbocycles. The van der Waals surface area contributed by atoms with Crippen LogP contribution in [0.15, 0.2) is 22.7 Å². The van der Waals surface area contributed by atoms with Crippen LogP contribution in [0.25, 0.3) is 10.1 Å². The number of anilines is 1. The Morgan fingerprint density at radius 2 is 2.37 bits per heavy atom. The number of hydrogen-bond acceptors (Lipinski definition) is 3. The van der Waals surface area contributed by atoms with E-state index in [1.165, 1.54) is 11.3 Å². The van der Waals surface area contributed by atoms with Crippen molar-refractivity contribution >= 4 is 48.9 Å². The number of thiophene rings is 1. The van der Waals surface area contributed by atoms with Crippen molar-refractivity contribution in [3.8, 4) is 12.3 Å². The molecule has 5 heteroatoms. The fraction of sp³-hybridized carbons (Fsp3) is 0.214. The summed E-state index contributed by atoms with van der Waals surface area (Å²) < 4.78 is 1.87. The number of amides is 1. The third kappa shape index (κ3) is 2.60. The molecule has 0 spiro atoms. The quantitative estimate of drug-likeness (QED) is 0.844. The molecule has 2 aromatic rings. The van der Waals surface area contributed by atoms with E-state index >= 15 is 0 Å². The third-order valence-electron chi connectivity index (χ3n) is 2.82. The zero-order valence-corrected chi connectivity index (χ0v) is 12.8. The second kappa shape index (κ2) is 5.64. The Kier molecular flexibility index (Phi) is 4.13. The minimum atomic E-state index is -0.263. The van der Waals surface area contributed by atoms with E-state index in [1.54, 1.807) is 0 Å². The average molecular weight is 337 g/mol. The van der Waals surface area contributed by atoms with Gasteiger partial charge in [0.2, 0.25) is 0 Å². The van der Waals surface area contributed by atoms with Gasteiger partial charge in [0.05, 0.1) is 11.7 Å². The Hall–Kier alpha value is -1.51. The van der Waals surface area contributed by atoms with E-state index < -0.39 is 0 Å². The lowest BCUT2D eigenvalue weighted by Gasteiger charge is -2.09. The number of nitrogens with two attached hydrogens (primary N) is 1. The van der Waals surface area contributed by atoms with Crippen LogP contribution in [-0.2, 0) is 0 Å². The van der Waals surface area contributed by atoms with E-state index in [-0.39, 0.29) is 11.9 Å². The van der Waals surface area contributed by atoms with Crippen molar-refractivity contribution in [2.45, 2.75) is 19.4 Å². The van der Waals surface area contributed by atoms with Crippen LogP contribution in [0.1, 0.15) is 23.0 Å². The average Bonchev–Trinajstić information content (AvgIpc) is 2.74. The highest BCUT2D eigenvalue weighted by Gasteiger charge is 2.19. The molecule has 0 aliphatic heterocycles. The van der Waals surface area contributed by atoms with Crippen LogP contribution in [-0.4, -0.2) is 11.9 Å². The summed E-state index contributed by atoms with van der Waals surface area (Å²) in [6.07, 6.45) is 6.04. The minimum absolute atomic E-state index is 0.213. The molecule has 0 aliphatic carbocycles. The first-order chi connectivity index (χ1) is 9.08. The normalized spacial score (nSPS) is 12.1. The van der Waals surface area contributed by atoms with E-state index in [0.29, 0.717) is 17.0 Å². The van der Waals surface area contributed by atoms with Crippen LogP contribution in [0, 0.1) is 12.3 Å². The Labute approximate surface area is 124 Å². The molecule has 0 radical (unpaired) electrons. The number of halogens is 1. The molecule has 1 aromatic heterocycles. The molecule has 0 fully saturated rings. The number of fused-ring (bicyclic) bond motifs is 1. The molecule has 3 N–H and O–H groups in total. The van der Waals surface area contributed by atoms with Crippen molar-refractivity contribution in [1.29, 1.82) is 0 Å².